The Labute approximate surface area is 159 Å². The van der Waals surface area contributed by atoms with Gasteiger partial charge in [0.25, 0.3) is 5.91 Å². The third-order valence-electron chi connectivity index (χ3n) is 3.44. The molecular weight excluding hydrogens is 381 g/mol. The minimum Gasteiger partial charge on any atom is -0.453 e. The van der Waals surface area contributed by atoms with Crippen LogP contribution in [0.15, 0.2) is 30.3 Å². The highest BCUT2D eigenvalue weighted by Crippen LogP contribution is 2.23. The first-order valence-electron chi connectivity index (χ1n) is 7.81. The van der Waals surface area contributed by atoms with Crippen LogP contribution in [0.4, 0.5) is 10.1 Å². The van der Waals surface area contributed by atoms with Crippen LogP contribution in [0.5, 0.6) is 0 Å². The van der Waals surface area contributed by atoms with Crippen molar-refractivity contribution in [2.45, 2.75) is 32.8 Å². The van der Waals surface area contributed by atoms with Crippen LogP contribution < -0.4 is 5.32 Å². The first-order valence-corrected chi connectivity index (χ1v) is 9.00. The van der Waals surface area contributed by atoms with Gasteiger partial charge < -0.3 is 10.1 Å². The van der Waals surface area contributed by atoms with Gasteiger partial charge in [-0.05, 0) is 44.2 Å². The number of ketones is 1. The second kappa shape index (κ2) is 8.91. The van der Waals surface area contributed by atoms with Gasteiger partial charge in [0.15, 0.2) is 11.9 Å². The molecule has 2 aromatic rings. The Morgan fingerprint density at radius 3 is 2.58 bits per heavy atom. The van der Waals surface area contributed by atoms with E-state index in [1.807, 2.05) is 13.0 Å². The molecule has 26 heavy (non-hydrogen) atoms. The molecule has 1 heterocycles. The van der Waals surface area contributed by atoms with Crippen molar-refractivity contribution in [3.63, 3.8) is 0 Å². The molecule has 5 nitrogen and oxygen atoms in total. The summed E-state index contributed by atoms with van der Waals surface area (Å²) in [5.41, 5.74) is 0.212. The standard InChI is InChI=1S/C18H17ClFNO4S/c1-10-3-7-16(26-10)15(22)6-8-17(23)25-11(2)18(24)21-14-5-4-12(20)9-13(14)19/h3-5,7,9,11H,6,8H2,1-2H3,(H,21,24)/t11-/m1/s1. The molecule has 0 bridgehead atoms. The Balaban J connectivity index is 1.82. The number of hydrogen-bond donors (Lipinski definition) is 1. The molecule has 1 amide bonds. The van der Waals surface area contributed by atoms with Gasteiger partial charge in [0, 0.05) is 11.3 Å². The fourth-order valence-electron chi connectivity index (χ4n) is 2.06. The molecule has 2 rings (SSSR count). The maximum atomic E-state index is 13.0. The lowest BCUT2D eigenvalue weighted by molar-refractivity contribution is -0.153. The largest absolute Gasteiger partial charge is 0.453 e. The average Bonchev–Trinajstić information content (AvgIpc) is 3.01. The number of halogens is 2. The van der Waals surface area contributed by atoms with E-state index in [2.05, 4.69) is 5.32 Å². The third kappa shape index (κ3) is 5.64. The number of amides is 1. The van der Waals surface area contributed by atoms with Crippen LogP contribution in [0.2, 0.25) is 5.02 Å². The smallest absolute Gasteiger partial charge is 0.307 e. The van der Waals surface area contributed by atoms with E-state index in [1.54, 1.807) is 6.07 Å². The highest BCUT2D eigenvalue weighted by molar-refractivity contribution is 7.14. The van der Waals surface area contributed by atoms with Crippen LogP contribution in [-0.2, 0) is 14.3 Å². The van der Waals surface area contributed by atoms with E-state index in [4.69, 9.17) is 16.3 Å². The van der Waals surface area contributed by atoms with Crippen LogP contribution in [0.1, 0.15) is 34.3 Å². The second-order valence-corrected chi connectivity index (χ2v) is 7.27. The Hall–Kier alpha value is -2.25. The number of carbonyl (C=O) groups is 3. The molecule has 0 aliphatic rings. The number of anilines is 1. The van der Waals surface area contributed by atoms with Gasteiger partial charge in [-0.25, -0.2) is 4.39 Å². The zero-order chi connectivity index (χ0) is 19.3. The van der Waals surface area contributed by atoms with Gasteiger partial charge in [-0.1, -0.05) is 11.6 Å². The maximum absolute atomic E-state index is 13.0. The lowest BCUT2D eigenvalue weighted by Crippen LogP contribution is -2.30. The number of esters is 1. The fourth-order valence-corrected chi connectivity index (χ4v) is 3.11. The number of rotatable bonds is 7. The average molecular weight is 398 g/mol. The predicted molar refractivity (Wildman–Crippen MR) is 98.2 cm³/mol. The van der Waals surface area contributed by atoms with Crippen molar-refractivity contribution in [2.75, 3.05) is 5.32 Å². The van der Waals surface area contributed by atoms with E-state index in [-0.39, 0.29) is 29.3 Å². The molecule has 1 aromatic heterocycles. The number of hydrogen-bond acceptors (Lipinski definition) is 5. The third-order valence-corrected chi connectivity index (χ3v) is 4.79. The first-order chi connectivity index (χ1) is 12.3. The van der Waals surface area contributed by atoms with Crippen molar-refractivity contribution in [1.29, 1.82) is 0 Å². The number of nitrogens with one attached hydrogen (secondary N) is 1. The Morgan fingerprint density at radius 1 is 1.23 bits per heavy atom. The Kier molecular flexibility index (Phi) is 6.88. The summed E-state index contributed by atoms with van der Waals surface area (Å²) in [7, 11) is 0. The van der Waals surface area contributed by atoms with Crippen molar-refractivity contribution >= 4 is 46.3 Å². The molecule has 1 aromatic carbocycles. The lowest BCUT2D eigenvalue weighted by Gasteiger charge is -2.14. The van der Waals surface area contributed by atoms with E-state index < -0.39 is 23.8 Å². The molecule has 0 unspecified atom stereocenters. The highest BCUT2D eigenvalue weighted by Gasteiger charge is 2.20. The summed E-state index contributed by atoms with van der Waals surface area (Å²) in [5.74, 6) is -1.93. The van der Waals surface area contributed by atoms with Crippen LogP contribution in [-0.4, -0.2) is 23.8 Å². The number of Topliss-reactive ketones (excluding diaryl/α,β-unsaturated/α-hetero) is 1. The molecule has 1 atom stereocenters. The minimum absolute atomic E-state index is 0.0108. The number of benzene rings is 1. The highest BCUT2D eigenvalue weighted by atomic mass is 35.5. The number of ether oxygens (including phenoxy) is 1. The van der Waals surface area contributed by atoms with E-state index >= 15 is 0 Å². The zero-order valence-corrected chi connectivity index (χ0v) is 15.7. The Morgan fingerprint density at radius 2 is 1.96 bits per heavy atom. The van der Waals surface area contributed by atoms with Crippen molar-refractivity contribution in [2.24, 2.45) is 0 Å². The number of carbonyl (C=O) groups excluding carboxylic acids is 3. The zero-order valence-electron chi connectivity index (χ0n) is 14.2. The van der Waals surface area contributed by atoms with Crippen molar-refractivity contribution < 1.29 is 23.5 Å². The molecule has 8 heteroatoms. The molecule has 1 N–H and O–H groups in total. The molecule has 138 valence electrons. The summed E-state index contributed by atoms with van der Waals surface area (Å²) in [6.07, 6.45) is -1.19. The summed E-state index contributed by atoms with van der Waals surface area (Å²) in [4.78, 5) is 37.4. The molecule has 0 aliphatic heterocycles. The predicted octanol–water partition coefficient (Wildman–Crippen LogP) is 4.38. The molecule has 0 spiro atoms. The SMILES string of the molecule is Cc1ccc(C(=O)CCC(=O)O[C@H](C)C(=O)Nc2ccc(F)cc2Cl)s1. The van der Waals surface area contributed by atoms with Crippen molar-refractivity contribution in [3.8, 4) is 0 Å². The molecular formula is C18H17ClFNO4S. The summed E-state index contributed by atoms with van der Waals surface area (Å²) in [5, 5.41) is 2.49. The fraction of sp³-hybridized carbons (Fsp3) is 0.278. The number of thiophene rings is 1. The van der Waals surface area contributed by atoms with E-state index in [0.29, 0.717) is 4.88 Å². The van der Waals surface area contributed by atoms with Gasteiger partial charge in [0.05, 0.1) is 22.0 Å². The van der Waals surface area contributed by atoms with Gasteiger partial charge in [0.1, 0.15) is 5.82 Å². The van der Waals surface area contributed by atoms with Crippen molar-refractivity contribution in [3.05, 3.63) is 50.9 Å². The van der Waals surface area contributed by atoms with Gasteiger partial charge in [-0.15, -0.1) is 11.3 Å². The Bertz CT molecular complexity index is 836. The van der Waals surface area contributed by atoms with Gasteiger partial charge in [-0.3, -0.25) is 14.4 Å². The topological polar surface area (TPSA) is 72.5 Å². The van der Waals surface area contributed by atoms with Crippen LogP contribution >= 0.6 is 22.9 Å². The van der Waals surface area contributed by atoms with Gasteiger partial charge >= 0.3 is 5.97 Å². The number of aryl methyl sites for hydroxylation is 1. The van der Waals surface area contributed by atoms with Gasteiger partial charge in [-0.2, -0.15) is 0 Å². The van der Waals surface area contributed by atoms with Gasteiger partial charge in [0.2, 0.25) is 0 Å². The minimum atomic E-state index is -1.08. The van der Waals surface area contributed by atoms with Crippen LogP contribution in [0.3, 0.4) is 0 Å². The maximum Gasteiger partial charge on any atom is 0.307 e. The summed E-state index contributed by atoms with van der Waals surface area (Å²) >= 11 is 7.19. The van der Waals surface area contributed by atoms with Crippen LogP contribution in [0.25, 0.3) is 0 Å². The van der Waals surface area contributed by atoms with Crippen molar-refractivity contribution in [1.82, 2.24) is 0 Å². The summed E-state index contributed by atoms with van der Waals surface area (Å²) in [6, 6.07) is 7.08. The lowest BCUT2D eigenvalue weighted by atomic mass is 10.2. The molecule has 0 fully saturated rings. The van der Waals surface area contributed by atoms with E-state index in [0.717, 1.165) is 17.0 Å². The molecule has 0 aliphatic carbocycles. The normalized spacial score (nSPS) is 11.7. The summed E-state index contributed by atoms with van der Waals surface area (Å²) in [6.45, 7) is 3.29. The van der Waals surface area contributed by atoms with Crippen LogP contribution in [0, 0.1) is 12.7 Å². The molecule has 0 radical (unpaired) electrons. The quantitative estimate of drug-likeness (QED) is 0.555. The summed E-state index contributed by atoms with van der Waals surface area (Å²) < 4.78 is 18.0. The monoisotopic (exact) mass is 397 g/mol. The van der Waals surface area contributed by atoms with E-state index in [9.17, 15) is 18.8 Å². The molecule has 0 saturated heterocycles. The second-order valence-electron chi connectivity index (χ2n) is 5.58. The molecule has 0 saturated carbocycles. The van der Waals surface area contributed by atoms with E-state index in [1.165, 1.54) is 24.3 Å². The first kappa shape index (κ1) is 20.1.